The van der Waals surface area contributed by atoms with Gasteiger partial charge in [-0.05, 0) is 39.0 Å². The highest BCUT2D eigenvalue weighted by molar-refractivity contribution is 8.44. The van der Waals surface area contributed by atoms with Crippen molar-refractivity contribution in [1.82, 2.24) is 39.0 Å². The number of hydrogen-bond acceptors (Lipinski definition) is 17. The van der Waals surface area contributed by atoms with E-state index in [0.717, 1.165) is 23.4 Å². The largest absolute Gasteiger partial charge is 0.444 e. The number of aromatic nitrogens is 7. The smallest absolute Gasteiger partial charge is 0.410 e. The fraction of sp³-hybridized carbons (Fsp3) is 0.581. The molecule has 7 heterocycles. The van der Waals surface area contributed by atoms with Crippen molar-refractivity contribution in [2.45, 2.75) is 88.4 Å². The van der Waals surface area contributed by atoms with Crippen LogP contribution in [0.3, 0.4) is 0 Å². The molecule has 2 amide bonds. The average Bonchev–Trinajstić information content (AvgIpc) is 3.89. The topological polar surface area (TPSA) is 266 Å². The van der Waals surface area contributed by atoms with E-state index >= 15 is 4.39 Å². The molecule has 4 N–H and O–H groups in total. The normalized spacial score (nSPS) is 31.6. The molecule has 4 aromatic heterocycles. The summed E-state index contributed by atoms with van der Waals surface area (Å²) >= 11 is 9.26. The Kier molecular flexibility index (Phi) is 12.4. The molecule has 3 aliphatic rings. The van der Waals surface area contributed by atoms with Gasteiger partial charge in [-0.3, -0.25) is 27.7 Å². The van der Waals surface area contributed by atoms with Crippen LogP contribution in [0.4, 0.5) is 19.4 Å². The molecule has 10 atom stereocenters. The molecule has 28 heteroatoms. The second kappa shape index (κ2) is 16.7. The Morgan fingerprint density at radius 1 is 1.10 bits per heavy atom. The van der Waals surface area contributed by atoms with Crippen LogP contribution < -0.4 is 10.9 Å². The van der Waals surface area contributed by atoms with E-state index in [1.54, 1.807) is 27.8 Å². The number of alkyl halides is 1. The minimum Gasteiger partial charge on any atom is -0.444 e. The maximum Gasteiger partial charge on any atom is 0.410 e. The zero-order valence-corrected chi connectivity index (χ0v) is 35.0. The highest BCUT2D eigenvalue weighted by Gasteiger charge is 2.53. The van der Waals surface area contributed by atoms with Crippen molar-refractivity contribution < 1.29 is 65.2 Å². The van der Waals surface area contributed by atoms with Gasteiger partial charge in [0, 0.05) is 26.2 Å². The van der Waals surface area contributed by atoms with E-state index in [2.05, 4.69) is 42.5 Å². The molecule has 2 unspecified atom stereocenters. The molecule has 0 aliphatic carbocycles. The van der Waals surface area contributed by atoms with Gasteiger partial charge in [0.15, 0.2) is 47.1 Å². The molecular formula is C31H39F2N9O13P2S2. The number of imidazole rings is 1. The molecule has 3 aliphatic heterocycles. The van der Waals surface area contributed by atoms with Crippen LogP contribution in [0.25, 0.3) is 22.2 Å². The van der Waals surface area contributed by atoms with Crippen LogP contribution in [0, 0.1) is 5.82 Å². The first-order valence-corrected chi connectivity index (χ1v) is 23.1. The van der Waals surface area contributed by atoms with Gasteiger partial charge in [-0.2, -0.15) is 0 Å². The van der Waals surface area contributed by atoms with Crippen LogP contribution in [0.1, 0.15) is 46.1 Å². The molecule has 3 saturated heterocycles. The van der Waals surface area contributed by atoms with Crippen LogP contribution in [-0.2, 0) is 53.5 Å². The van der Waals surface area contributed by atoms with Crippen molar-refractivity contribution in [3.8, 4) is 0 Å². The first-order chi connectivity index (χ1) is 27.7. The zero-order chi connectivity index (χ0) is 42.6. The molecule has 0 radical (unpaired) electrons. The second-order valence-electron chi connectivity index (χ2n) is 14.6. The van der Waals surface area contributed by atoms with Gasteiger partial charge in [0.1, 0.15) is 47.8 Å². The van der Waals surface area contributed by atoms with E-state index in [0.29, 0.717) is 6.42 Å². The molecule has 4 aromatic rings. The fourth-order valence-corrected chi connectivity index (χ4v) is 9.45. The molecule has 0 spiro atoms. The summed E-state index contributed by atoms with van der Waals surface area (Å²) in [4.78, 5) is 68.8. The Hall–Kier alpha value is -3.52. The van der Waals surface area contributed by atoms with Gasteiger partial charge in [0.05, 0.1) is 25.9 Å². The number of hydrogen-bond donors (Lipinski definition) is 5. The maximum atomic E-state index is 16.5. The lowest BCUT2D eigenvalue weighted by Crippen LogP contribution is -2.35. The Bertz CT molecular complexity index is 2400. The van der Waals surface area contributed by atoms with Gasteiger partial charge in [-0.25, -0.2) is 38.1 Å². The number of nitrogens with one attached hydrogen (secondary N) is 2. The number of aromatic amines is 1. The minimum atomic E-state index is -4.53. The van der Waals surface area contributed by atoms with Gasteiger partial charge in [-0.1, -0.05) is 12.2 Å². The van der Waals surface area contributed by atoms with Crippen LogP contribution in [0.5, 0.6) is 0 Å². The van der Waals surface area contributed by atoms with E-state index in [1.165, 1.54) is 15.8 Å². The highest BCUT2D eigenvalue weighted by atomic mass is 32.7. The number of anilines is 1. The first kappa shape index (κ1) is 43.6. The summed E-state index contributed by atoms with van der Waals surface area (Å²) in [6.07, 6.45) is -9.25. The molecule has 59 heavy (non-hydrogen) atoms. The number of H-pyrrole nitrogens is 1. The molecule has 7 rings (SSSR count). The fourth-order valence-electron chi connectivity index (χ4n) is 6.55. The number of aliphatic hydroxyl groups excluding tert-OH is 1. The molecule has 322 valence electrons. The third-order valence-corrected chi connectivity index (χ3v) is 12.4. The second-order valence-corrected chi connectivity index (χ2v) is 20.3. The third kappa shape index (κ3) is 9.38. The average molecular weight is 910 g/mol. The number of ether oxygens (including phenoxy) is 3. The maximum absolute atomic E-state index is 16.5. The van der Waals surface area contributed by atoms with Crippen LogP contribution in [0.15, 0.2) is 30.0 Å². The zero-order valence-electron chi connectivity index (χ0n) is 31.5. The lowest BCUT2D eigenvalue weighted by atomic mass is 10.1. The summed E-state index contributed by atoms with van der Waals surface area (Å²) < 4.78 is 86.6. The summed E-state index contributed by atoms with van der Waals surface area (Å²) in [5.74, 6) is -1.44. The van der Waals surface area contributed by atoms with Gasteiger partial charge in [0.25, 0.3) is 5.56 Å². The molecule has 3 fully saturated rings. The molecule has 0 aromatic carbocycles. The predicted molar refractivity (Wildman–Crippen MR) is 206 cm³/mol. The van der Waals surface area contributed by atoms with Crippen molar-refractivity contribution in [3.05, 3.63) is 41.3 Å². The lowest BCUT2D eigenvalue weighted by molar-refractivity contribution is -0.116. The van der Waals surface area contributed by atoms with E-state index in [1.807, 2.05) is 0 Å². The van der Waals surface area contributed by atoms with Crippen LogP contribution in [0.2, 0.25) is 0 Å². The SMILES string of the molecule is CN(CCCC(=O)Nc1ncnc2c1ncn2[C@@H]1O[C@@H]2COP(O)(=S)O[C@@H]3[C@H](O)[C@@H](COP(=O)(S)O[C@H]2[C@H]1F)O[C@H]3n1cc(F)c2c(=O)[nH]cnc21)C(=O)OC(C)(C)C. The molecular weight excluding hydrogens is 870 g/mol. The molecule has 2 bridgehead atoms. The Morgan fingerprint density at radius 3 is 2.58 bits per heavy atom. The molecule has 0 saturated carbocycles. The van der Waals surface area contributed by atoms with Crippen molar-refractivity contribution in [2.24, 2.45) is 0 Å². The predicted octanol–water partition coefficient (Wildman–Crippen LogP) is 2.85. The summed E-state index contributed by atoms with van der Waals surface area (Å²) in [5, 5.41) is 13.4. The van der Waals surface area contributed by atoms with Crippen molar-refractivity contribution in [1.29, 1.82) is 0 Å². The van der Waals surface area contributed by atoms with Crippen LogP contribution in [-0.4, -0.2) is 130 Å². The number of fused-ring (bicyclic) bond motifs is 5. The van der Waals surface area contributed by atoms with E-state index in [9.17, 15) is 33.3 Å². The monoisotopic (exact) mass is 909 g/mol. The quantitative estimate of drug-likeness (QED) is 0.132. The van der Waals surface area contributed by atoms with Gasteiger partial charge >= 0.3 is 19.6 Å². The number of thiol groups is 1. The third-order valence-electron chi connectivity index (χ3n) is 9.23. The number of halogens is 2. The summed E-state index contributed by atoms with van der Waals surface area (Å²) in [5.41, 5.74) is -1.61. The number of carbonyl (C=O) groups excluding carboxylic acids is 2. The van der Waals surface area contributed by atoms with Crippen molar-refractivity contribution in [3.63, 3.8) is 0 Å². The summed E-state index contributed by atoms with van der Waals surface area (Å²) in [7, 11) is 1.55. The number of rotatable bonds is 7. The van der Waals surface area contributed by atoms with E-state index in [4.69, 9.17) is 44.1 Å². The summed E-state index contributed by atoms with van der Waals surface area (Å²) in [6.45, 7) is -4.94. The standard InChI is InChI=1S/C31H39F2N9O13P2S2/c1-31(2,3)53-30(46)40(4)7-5-6-17(43)39-24-20-26(36-11-34-24)42(13-38-20)28-19(33)22-16(52-28)10-50-57(48,59)55-23-21(44)15(9-49-56(47,58)54-22)51-29(23)41-8-14(32)18-25(41)35-12-37-27(18)45/h8,11-13,15-16,19,21-23,28-29,44H,5-7,9-10H2,1-4H3,(H,47,58)(H,48,59)(H,35,37,45)(H,34,36,39,43)/t15-,16-,19-,21-,22-,23-,28-,29-,56?,57?/m1/s1. The molecule has 22 nitrogen and oxygen atoms in total. The minimum absolute atomic E-state index is 0.000855. The highest BCUT2D eigenvalue weighted by Crippen LogP contribution is 2.58. The lowest BCUT2D eigenvalue weighted by Gasteiger charge is -2.27. The number of nitrogens with zero attached hydrogens (tertiary/aromatic N) is 7. The van der Waals surface area contributed by atoms with Gasteiger partial charge in [-0.15, -0.1) is 0 Å². The number of carbonyl (C=O) groups is 2. The van der Waals surface area contributed by atoms with E-state index < -0.39 is 110 Å². The Balaban J connectivity index is 1.08. The number of amides is 2. The number of aliphatic hydroxyl groups is 1. The van der Waals surface area contributed by atoms with Crippen LogP contribution >= 0.6 is 25.8 Å². The van der Waals surface area contributed by atoms with Gasteiger partial charge < -0.3 is 48.5 Å². The van der Waals surface area contributed by atoms with Gasteiger partial charge in [0.2, 0.25) is 5.91 Å². The first-order valence-electron chi connectivity index (χ1n) is 17.8. The van der Waals surface area contributed by atoms with Crippen molar-refractivity contribution >= 4 is 77.6 Å². The van der Waals surface area contributed by atoms with E-state index in [-0.39, 0.29) is 35.6 Å². The Labute approximate surface area is 342 Å². The Morgan fingerprint density at radius 2 is 1.83 bits per heavy atom. The van der Waals surface area contributed by atoms with Crippen molar-refractivity contribution in [2.75, 3.05) is 32.1 Å². The summed E-state index contributed by atoms with van der Waals surface area (Å²) in [6, 6.07) is 0.